The molecule has 2 nitrogen and oxygen atoms in total. The summed E-state index contributed by atoms with van der Waals surface area (Å²) < 4.78 is 19.1. The van der Waals surface area contributed by atoms with Gasteiger partial charge in [-0.3, -0.25) is 4.79 Å². The van der Waals surface area contributed by atoms with Gasteiger partial charge in [0.05, 0.1) is 10.8 Å². The van der Waals surface area contributed by atoms with E-state index in [-0.39, 0.29) is 10.8 Å². The van der Waals surface area contributed by atoms with Crippen molar-refractivity contribution in [3.8, 4) is 0 Å². The lowest BCUT2D eigenvalue weighted by molar-refractivity contribution is 0.623. The maximum Gasteiger partial charge on any atom is 0.201 e. The van der Waals surface area contributed by atoms with Gasteiger partial charge < -0.3 is 4.42 Å². The zero-order chi connectivity index (χ0) is 13.7. The van der Waals surface area contributed by atoms with Crippen LogP contribution in [0.2, 0.25) is 0 Å². The van der Waals surface area contributed by atoms with Crippen LogP contribution >= 0.6 is 0 Å². The van der Waals surface area contributed by atoms with Crippen molar-refractivity contribution >= 4 is 32.7 Å². The second kappa shape index (κ2) is 3.90. The zero-order valence-corrected chi connectivity index (χ0v) is 10.4. The number of fused-ring (bicyclic) bond motifs is 4. The molecule has 0 saturated carbocycles. The second-order valence-corrected chi connectivity index (χ2v) is 4.73. The maximum absolute atomic E-state index is 13.4. The average Bonchev–Trinajstić information content (AvgIpc) is 2.48. The Kier molecular flexibility index (Phi) is 2.18. The molecule has 4 aromatic rings. The fourth-order valence-electron chi connectivity index (χ4n) is 2.59. The minimum absolute atomic E-state index is 0.197. The van der Waals surface area contributed by atoms with E-state index >= 15 is 0 Å². The van der Waals surface area contributed by atoms with Gasteiger partial charge in [0, 0.05) is 0 Å². The highest BCUT2D eigenvalue weighted by atomic mass is 19.1. The van der Waals surface area contributed by atoms with E-state index in [1.54, 1.807) is 6.07 Å². The first-order valence-corrected chi connectivity index (χ1v) is 6.28. The lowest BCUT2D eigenvalue weighted by Gasteiger charge is -2.04. The van der Waals surface area contributed by atoms with Crippen LogP contribution in [0.25, 0.3) is 32.7 Å². The number of benzene rings is 3. The van der Waals surface area contributed by atoms with E-state index in [1.807, 2.05) is 30.3 Å². The summed E-state index contributed by atoms with van der Waals surface area (Å²) in [6.45, 7) is 0. The molecule has 0 amide bonds. The smallest absolute Gasteiger partial charge is 0.201 e. The molecule has 0 aliphatic rings. The van der Waals surface area contributed by atoms with Crippen LogP contribution in [0.1, 0.15) is 0 Å². The van der Waals surface area contributed by atoms with Gasteiger partial charge in [0.1, 0.15) is 17.0 Å². The summed E-state index contributed by atoms with van der Waals surface area (Å²) in [5, 5.41) is 2.56. The van der Waals surface area contributed by atoms with E-state index in [0.29, 0.717) is 16.6 Å². The minimum atomic E-state index is -0.440. The molecular weight excluding hydrogens is 255 g/mol. The fraction of sp³-hybridized carbons (Fsp3) is 0. The van der Waals surface area contributed by atoms with Gasteiger partial charge in [0.25, 0.3) is 0 Å². The van der Waals surface area contributed by atoms with E-state index < -0.39 is 5.82 Å². The first-order valence-electron chi connectivity index (χ1n) is 6.28. The first kappa shape index (κ1) is 11.2. The van der Waals surface area contributed by atoms with E-state index in [1.165, 1.54) is 18.2 Å². The second-order valence-electron chi connectivity index (χ2n) is 4.73. The predicted molar refractivity (Wildman–Crippen MR) is 77.5 cm³/mol. The molecule has 20 heavy (non-hydrogen) atoms. The predicted octanol–water partition coefficient (Wildman–Crippen LogP) is 4.24. The van der Waals surface area contributed by atoms with Crippen molar-refractivity contribution in [3.05, 3.63) is 70.6 Å². The molecule has 0 radical (unpaired) electrons. The molecule has 4 rings (SSSR count). The SMILES string of the molecule is O=c1c2cc(F)ccc2oc2ccc3ccccc3c12. The van der Waals surface area contributed by atoms with Crippen LogP contribution in [-0.2, 0) is 0 Å². The summed E-state index contributed by atoms with van der Waals surface area (Å²) in [6, 6.07) is 15.3. The van der Waals surface area contributed by atoms with Crippen molar-refractivity contribution in [1.82, 2.24) is 0 Å². The third kappa shape index (κ3) is 1.46. The molecule has 0 aliphatic heterocycles. The molecule has 3 heteroatoms. The summed E-state index contributed by atoms with van der Waals surface area (Å²) in [5.74, 6) is -0.440. The van der Waals surface area contributed by atoms with Crippen molar-refractivity contribution in [1.29, 1.82) is 0 Å². The van der Waals surface area contributed by atoms with Gasteiger partial charge in [-0.2, -0.15) is 0 Å². The highest BCUT2D eigenvalue weighted by Gasteiger charge is 2.11. The van der Waals surface area contributed by atoms with Crippen molar-refractivity contribution in [3.63, 3.8) is 0 Å². The Bertz CT molecular complexity index is 1030. The van der Waals surface area contributed by atoms with E-state index in [4.69, 9.17) is 4.42 Å². The van der Waals surface area contributed by atoms with Gasteiger partial charge in [-0.1, -0.05) is 30.3 Å². The van der Waals surface area contributed by atoms with Crippen LogP contribution in [0, 0.1) is 5.82 Å². The third-order valence-corrected chi connectivity index (χ3v) is 3.52. The lowest BCUT2D eigenvalue weighted by atomic mass is 10.0. The summed E-state index contributed by atoms with van der Waals surface area (Å²) in [7, 11) is 0. The Balaban J connectivity index is 2.34. The van der Waals surface area contributed by atoms with Crippen molar-refractivity contribution < 1.29 is 8.81 Å². The van der Waals surface area contributed by atoms with E-state index in [0.717, 1.165) is 10.8 Å². The van der Waals surface area contributed by atoms with Gasteiger partial charge in [0.15, 0.2) is 0 Å². The zero-order valence-electron chi connectivity index (χ0n) is 10.4. The minimum Gasteiger partial charge on any atom is -0.456 e. The van der Waals surface area contributed by atoms with Gasteiger partial charge in [0.2, 0.25) is 5.43 Å². The standard InChI is InChI=1S/C17H9FO2/c18-11-6-8-14-13(9-11)17(19)16-12-4-2-1-3-10(12)5-7-15(16)20-14/h1-9H. The molecular formula is C17H9FO2. The molecule has 3 aromatic carbocycles. The molecule has 0 spiro atoms. The van der Waals surface area contributed by atoms with Gasteiger partial charge in [-0.15, -0.1) is 0 Å². The molecule has 0 fully saturated rings. The molecule has 1 aromatic heterocycles. The third-order valence-electron chi connectivity index (χ3n) is 3.52. The fourth-order valence-corrected chi connectivity index (χ4v) is 2.59. The van der Waals surface area contributed by atoms with Crippen molar-refractivity contribution in [2.45, 2.75) is 0 Å². The molecule has 0 N–H and O–H groups in total. The van der Waals surface area contributed by atoms with Crippen LogP contribution in [0.5, 0.6) is 0 Å². The van der Waals surface area contributed by atoms with E-state index in [9.17, 15) is 9.18 Å². The Morgan fingerprint density at radius 3 is 2.55 bits per heavy atom. The summed E-state index contributed by atoms with van der Waals surface area (Å²) in [5.41, 5.74) is 0.726. The molecule has 0 unspecified atom stereocenters. The maximum atomic E-state index is 13.4. The summed E-state index contributed by atoms with van der Waals surface area (Å²) in [6.07, 6.45) is 0. The summed E-state index contributed by atoms with van der Waals surface area (Å²) >= 11 is 0. The number of halogens is 1. The van der Waals surface area contributed by atoms with Gasteiger partial charge in [-0.25, -0.2) is 4.39 Å². The molecule has 0 aliphatic carbocycles. The molecule has 0 atom stereocenters. The van der Waals surface area contributed by atoms with Gasteiger partial charge >= 0.3 is 0 Å². The quantitative estimate of drug-likeness (QED) is 0.351. The highest BCUT2D eigenvalue weighted by Crippen LogP contribution is 2.26. The molecule has 0 bridgehead atoms. The van der Waals surface area contributed by atoms with E-state index in [2.05, 4.69) is 0 Å². The Labute approximate surface area is 113 Å². The Hall–Kier alpha value is -2.68. The monoisotopic (exact) mass is 264 g/mol. The summed E-state index contributed by atoms with van der Waals surface area (Å²) in [4.78, 5) is 12.6. The normalized spacial score (nSPS) is 11.4. The molecule has 0 saturated heterocycles. The average molecular weight is 264 g/mol. The number of hydrogen-bond acceptors (Lipinski definition) is 2. The van der Waals surface area contributed by atoms with Crippen LogP contribution in [0.3, 0.4) is 0 Å². The lowest BCUT2D eigenvalue weighted by Crippen LogP contribution is -2.03. The van der Waals surface area contributed by atoms with Crippen LogP contribution in [0.15, 0.2) is 63.8 Å². The van der Waals surface area contributed by atoms with Crippen molar-refractivity contribution in [2.24, 2.45) is 0 Å². The molecule has 1 heterocycles. The number of hydrogen-bond donors (Lipinski definition) is 0. The van der Waals surface area contributed by atoms with Crippen LogP contribution in [0.4, 0.5) is 4.39 Å². The topological polar surface area (TPSA) is 30.2 Å². The largest absolute Gasteiger partial charge is 0.456 e. The Morgan fingerprint density at radius 1 is 0.850 bits per heavy atom. The van der Waals surface area contributed by atoms with Crippen LogP contribution < -0.4 is 5.43 Å². The van der Waals surface area contributed by atoms with Crippen molar-refractivity contribution in [2.75, 3.05) is 0 Å². The van der Waals surface area contributed by atoms with Gasteiger partial charge in [-0.05, 0) is 35.0 Å². The highest BCUT2D eigenvalue weighted by molar-refractivity contribution is 6.08. The van der Waals surface area contributed by atoms with Crippen LogP contribution in [-0.4, -0.2) is 0 Å². The number of rotatable bonds is 0. The Morgan fingerprint density at radius 2 is 1.65 bits per heavy atom. The molecule has 96 valence electrons. The first-order chi connectivity index (χ1) is 9.74.